The van der Waals surface area contributed by atoms with Gasteiger partial charge in [0.1, 0.15) is 0 Å². The molecule has 0 atom stereocenters. The van der Waals surface area contributed by atoms with E-state index in [4.69, 9.17) is 0 Å². The molecule has 98 valence electrons. The smallest absolute Gasteiger partial charge is 0.260 e. The van der Waals surface area contributed by atoms with Crippen molar-refractivity contribution in [1.29, 1.82) is 0 Å². The molecule has 2 aromatic heterocycles. The highest BCUT2D eigenvalue weighted by molar-refractivity contribution is 7.21. The summed E-state index contributed by atoms with van der Waals surface area (Å²) in [4.78, 5) is 47.8. The minimum absolute atomic E-state index is 0.289. The molecule has 20 heavy (non-hydrogen) atoms. The number of carbonyl (C=O) groups excluding carboxylic acids is 4. The number of thiophene rings is 2. The van der Waals surface area contributed by atoms with E-state index < -0.39 is 23.6 Å². The highest BCUT2D eigenvalue weighted by Crippen LogP contribution is 2.42. The lowest BCUT2D eigenvalue weighted by Crippen LogP contribution is -2.21. The van der Waals surface area contributed by atoms with Gasteiger partial charge in [0, 0.05) is 10.8 Å². The fraction of sp³-hybridized carbons (Fsp3) is 0. The first-order valence-electron chi connectivity index (χ1n) is 5.52. The van der Waals surface area contributed by atoms with E-state index in [1.807, 2.05) is 0 Å². The van der Waals surface area contributed by atoms with E-state index in [1.165, 1.54) is 22.7 Å². The fourth-order valence-corrected chi connectivity index (χ4v) is 4.57. The lowest BCUT2D eigenvalue weighted by Gasteiger charge is -1.98. The van der Waals surface area contributed by atoms with Crippen molar-refractivity contribution >= 4 is 46.3 Å². The fourth-order valence-electron chi connectivity index (χ4n) is 2.30. The number of nitrogens with one attached hydrogen (secondary N) is 2. The molecule has 0 radical (unpaired) electrons. The third-order valence-electron chi connectivity index (χ3n) is 3.19. The zero-order chi connectivity index (χ0) is 14.0. The van der Waals surface area contributed by atoms with E-state index >= 15 is 0 Å². The summed E-state index contributed by atoms with van der Waals surface area (Å²) in [5, 5.41) is 7.61. The van der Waals surface area contributed by atoms with E-state index in [1.54, 1.807) is 10.8 Å². The molecule has 2 aliphatic heterocycles. The van der Waals surface area contributed by atoms with Crippen molar-refractivity contribution in [2.75, 3.05) is 0 Å². The number of hydrogen-bond donors (Lipinski definition) is 2. The molecule has 4 rings (SSSR count). The first-order chi connectivity index (χ1) is 9.58. The Morgan fingerprint density at radius 3 is 1.45 bits per heavy atom. The predicted octanol–water partition coefficient (Wildman–Crippen LogP) is 1.24. The molecule has 2 aromatic rings. The maximum atomic E-state index is 11.8. The highest BCUT2D eigenvalue weighted by atomic mass is 32.1. The van der Waals surface area contributed by atoms with Gasteiger partial charge in [-0.1, -0.05) is 0 Å². The Kier molecular flexibility index (Phi) is 2.08. The number of carbonyl (C=O) groups is 4. The highest BCUT2D eigenvalue weighted by Gasteiger charge is 2.37. The molecule has 6 nitrogen and oxygen atoms in total. The molecule has 0 fully saturated rings. The van der Waals surface area contributed by atoms with Gasteiger partial charge in [-0.25, -0.2) is 0 Å². The monoisotopic (exact) mass is 304 g/mol. The normalized spacial score (nSPS) is 16.2. The molecule has 0 bridgehead atoms. The molecule has 4 heterocycles. The Balaban J connectivity index is 1.98. The molecule has 0 saturated heterocycles. The number of hydrogen-bond acceptors (Lipinski definition) is 6. The van der Waals surface area contributed by atoms with Crippen molar-refractivity contribution in [2.24, 2.45) is 0 Å². The lowest BCUT2D eigenvalue weighted by molar-refractivity contribution is 0.0862. The standard InChI is InChI=1S/C12H4N2O4S2/c15-9-3-1-19-7(5(3)11(17)13-9)8-6-4(2-20-8)10(16)14-12(6)18/h1-2H,(H,13,15,17)(H,14,16,18). The molecule has 0 aromatic carbocycles. The summed E-state index contributed by atoms with van der Waals surface area (Å²) in [6.07, 6.45) is 0. The summed E-state index contributed by atoms with van der Waals surface area (Å²) in [6.45, 7) is 0. The van der Waals surface area contributed by atoms with Crippen molar-refractivity contribution < 1.29 is 19.2 Å². The topological polar surface area (TPSA) is 92.3 Å². The van der Waals surface area contributed by atoms with Gasteiger partial charge >= 0.3 is 0 Å². The third kappa shape index (κ3) is 1.27. The summed E-state index contributed by atoms with van der Waals surface area (Å²) in [6, 6.07) is 0. The number of fused-ring (bicyclic) bond motifs is 2. The van der Waals surface area contributed by atoms with E-state index in [0.29, 0.717) is 20.9 Å². The Morgan fingerprint density at radius 1 is 0.650 bits per heavy atom. The summed E-state index contributed by atoms with van der Waals surface area (Å²) >= 11 is 2.45. The van der Waals surface area contributed by atoms with Crippen molar-refractivity contribution in [3.63, 3.8) is 0 Å². The summed E-state index contributed by atoms with van der Waals surface area (Å²) in [7, 11) is 0. The Hall–Kier alpha value is -2.32. The van der Waals surface area contributed by atoms with E-state index in [-0.39, 0.29) is 11.1 Å². The molecule has 0 saturated carbocycles. The van der Waals surface area contributed by atoms with Gasteiger partial charge < -0.3 is 0 Å². The largest absolute Gasteiger partial charge is 0.288 e. The minimum Gasteiger partial charge on any atom is -0.288 e. The Bertz CT molecular complexity index is 776. The summed E-state index contributed by atoms with van der Waals surface area (Å²) in [5.41, 5.74) is 1.22. The maximum absolute atomic E-state index is 11.8. The maximum Gasteiger partial charge on any atom is 0.260 e. The Morgan fingerprint density at radius 2 is 1.05 bits per heavy atom. The van der Waals surface area contributed by atoms with Crippen LogP contribution in [0.1, 0.15) is 41.4 Å². The molecule has 2 N–H and O–H groups in total. The zero-order valence-electron chi connectivity index (χ0n) is 9.60. The first kappa shape index (κ1) is 11.5. The summed E-state index contributed by atoms with van der Waals surface area (Å²) in [5.74, 6) is -1.79. The van der Waals surface area contributed by atoms with Crippen molar-refractivity contribution in [3.8, 4) is 9.75 Å². The van der Waals surface area contributed by atoms with Gasteiger partial charge in [-0.2, -0.15) is 0 Å². The van der Waals surface area contributed by atoms with Gasteiger partial charge in [-0.3, -0.25) is 29.8 Å². The number of imide groups is 2. The van der Waals surface area contributed by atoms with Gasteiger partial charge in [0.25, 0.3) is 23.6 Å². The van der Waals surface area contributed by atoms with Crippen LogP contribution in [0.15, 0.2) is 10.8 Å². The predicted molar refractivity (Wildman–Crippen MR) is 71.2 cm³/mol. The van der Waals surface area contributed by atoms with Crippen LogP contribution < -0.4 is 10.6 Å². The first-order valence-corrected chi connectivity index (χ1v) is 7.28. The minimum atomic E-state index is -0.465. The molecular weight excluding hydrogens is 300 g/mol. The van der Waals surface area contributed by atoms with Crippen molar-refractivity contribution in [2.45, 2.75) is 0 Å². The molecule has 0 aliphatic carbocycles. The van der Waals surface area contributed by atoms with Gasteiger partial charge in [-0.15, -0.1) is 22.7 Å². The average molecular weight is 304 g/mol. The summed E-state index contributed by atoms with van der Waals surface area (Å²) < 4.78 is 0. The van der Waals surface area contributed by atoms with Crippen molar-refractivity contribution in [3.05, 3.63) is 33.0 Å². The van der Waals surface area contributed by atoms with Gasteiger partial charge in [-0.05, 0) is 0 Å². The SMILES string of the molecule is O=C1NC(=O)c2c1csc2-c1scc2c1C(=O)NC2=O. The quantitative estimate of drug-likeness (QED) is 0.775. The average Bonchev–Trinajstić information content (AvgIpc) is 3.09. The lowest BCUT2D eigenvalue weighted by atomic mass is 10.1. The number of amides is 4. The molecule has 4 amide bonds. The van der Waals surface area contributed by atoms with Crippen LogP contribution in [0.5, 0.6) is 0 Å². The molecule has 2 aliphatic rings. The Labute approximate surface area is 119 Å². The van der Waals surface area contributed by atoms with Crippen LogP contribution >= 0.6 is 22.7 Å². The second-order valence-corrected chi connectivity index (χ2v) is 6.03. The van der Waals surface area contributed by atoms with Crippen LogP contribution in [-0.2, 0) is 0 Å². The van der Waals surface area contributed by atoms with Crippen LogP contribution in [-0.4, -0.2) is 23.6 Å². The van der Waals surface area contributed by atoms with Gasteiger partial charge in [0.05, 0.1) is 32.0 Å². The van der Waals surface area contributed by atoms with Crippen LogP contribution in [0.3, 0.4) is 0 Å². The third-order valence-corrected chi connectivity index (χ3v) is 5.31. The van der Waals surface area contributed by atoms with Crippen LogP contribution in [0, 0.1) is 0 Å². The van der Waals surface area contributed by atoms with Gasteiger partial charge in [0.15, 0.2) is 0 Å². The van der Waals surface area contributed by atoms with E-state index in [2.05, 4.69) is 10.6 Å². The zero-order valence-corrected chi connectivity index (χ0v) is 11.2. The van der Waals surface area contributed by atoms with Crippen LogP contribution in [0.4, 0.5) is 0 Å². The van der Waals surface area contributed by atoms with Gasteiger partial charge in [0.2, 0.25) is 0 Å². The molecule has 8 heteroatoms. The second kappa shape index (κ2) is 3.62. The van der Waals surface area contributed by atoms with E-state index in [0.717, 1.165) is 0 Å². The van der Waals surface area contributed by atoms with Crippen LogP contribution in [0.2, 0.25) is 0 Å². The molecular formula is C12H4N2O4S2. The number of rotatable bonds is 1. The van der Waals surface area contributed by atoms with Crippen molar-refractivity contribution in [1.82, 2.24) is 10.6 Å². The van der Waals surface area contributed by atoms with E-state index in [9.17, 15) is 19.2 Å². The molecule has 0 unspecified atom stereocenters. The second-order valence-electron chi connectivity index (χ2n) is 4.27. The van der Waals surface area contributed by atoms with Crippen LogP contribution in [0.25, 0.3) is 9.75 Å². The molecule has 0 spiro atoms.